The van der Waals surface area contributed by atoms with Crippen molar-refractivity contribution in [3.05, 3.63) is 17.0 Å². The molecule has 1 fully saturated rings. The summed E-state index contributed by atoms with van der Waals surface area (Å²) in [6.07, 6.45) is 0. The zero-order valence-electron chi connectivity index (χ0n) is 12.6. The van der Waals surface area contributed by atoms with E-state index in [9.17, 15) is 9.59 Å². The topological polar surface area (TPSA) is 55.2 Å². The fourth-order valence-corrected chi connectivity index (χ4v) is 3.66. The lowest BCUT2D eigenvalue weighted by Gasteiger charge is -2.37. The van der Waals surface area contributed by atoms with Crippen molar-refractivity contribution in [2.45, 2.75) is 39.0 Å². The molecule has 2 heterocycles. The van der Waals surface area contributed by atoms with E-state index in [0.29, 0.717) is 23.1 Å². The number of carbonyl (C=O) groups is 2. The molecule has 2 rings (SSSR count). The smallest absolute Gasteiger partial charge is 0.295 e. The molecule has 2 atom stereocenters. The average Bonchev–Trinajstić information content (AvgIpc) is 2.65. The number of ketones is 1. The van der Waals surface area contributed by atoms with Crippen molar-refractivity contribution in [3.8, 4) is 0 Å². The Morgan fingerprint density at radius 2 is 1.95 bits per heavy atom. The molecule has 0 spiro atoms. The van der Waals surface area contributed by atoms with Crippen molar-refractivity contribution in [2.75, 3.05) is 12.3 Å². The molecule has 110 valence electrons. The van der Waals surface area contributed by atoms with Gasteiger partial charge in [0.25, 0.3) is 11.7 Å². The number of amides is 1. The maximum atomic E-state index is 12.5. The lowest BCUT2D eigenvalue weighted by molar-refractivity contribution is -0.128. The van der Waals surface area contributed by atoms with E-state index in [2.05, 4.69) is 12.0 Å². The zero-order chi connectivity index (χ0) is 15.0. The fourth-order valence-electron chi connectivity index (χ4n) is 2.56. The number of carbonyl (C=O) groups excluding carboxylic acids is 2. The molecule has 1 amide bonds. The maximum Gasteiger partial charge on any atom is 0.295 e. The van der Waals surface area contributed by atoms with Crippen molar-refractivity contribution in [1.82, 2.24) is 14.7 Å². The van der Waals surface area contributed by atoms with Crippen LogP contribution >= 0.6 is 11.8 Å². The summed E-state index contributed by atoms with van der Waals surface area (Å²) >= 11 is 1.84. The molecule has 5 nitrogen and oxygen atoms in total. The second-order valence-electron chi connectivity index (χ2n) is 5.31. The summed E-state index contributed by atoms with van der Waals surface area (Å²) in [4.78, 5) is 26.7. The molecule has 1 aromatic rings. The lowest BCUT2D eigenvalue weighted by atomic mass is 10.1. The van der Waals surface area contributed by atoms with Crippen molar-refractivity contribution in [2.24, 2.45) is 7.05 Å². The van der Waals surface area contributed by atoms with Gasteiger partial charge in [0, 0.05) is 36.3 Å². The Labute approximate surface area is 123 Å². The molecule has 1 aliphatic rings. The number of hydrogen-bond donors (Lipinski definition) is 0. The number of rotatable bonds is 2. The molecule has 0 N–H and O–H groups in total. The van der Waals surface area contributed by atoms with Crippen LogP contribution in [0.15, 0.2) is 0 Å². The van der Waals surface area contributed by atoms with E-state index in [0.717, 1.165) is 11.4 Å². The van der Waals surface area contributed by atoms with Gasteiger partial charge in [-0.3, -0.25) is 14.3 Å². The molecule has 0 saturated carbocycles. The number of nitrogens with zero attached hydrogens (tertiary/aromatic N) is 3. The molecule has 0 aliphatic carbocycles. The van der Waals surface area contributed by atoms with Crippen LogP contribution in [0.25, 0.3) is 0 Å². The van der Waals surface area contributed by atoms with Gasteiger partial charge in [0.1, 0.15) is 0 Å². The Kier molecular flexibility index (Phi) is 4.22. The number of aromatic nitrogens is 2. The molecule has 0 bridgehead atoms. The van der Waals surface area contributed by atoms with Crippen LogP contribution in [0.5, 0.6) is 0 Å². The maximum absolute atomic E-state index is 12.5. The molecular weight excluding hydrogens is 274 g/mol. The van der Waals surface area contributed by atoms with Crippen LogP contribution in [0.1, 0.15) is 35.6 Å². The van der Waals surface area contributed by atoms with Gasteiger partial charge in [0.15, 0.2) is 0 Å². The van der Waals surface area contributed by atoms with E-state index < -0.39 is 11.7 Å². The minimum atomic E-state index is -0.431. The van der Waals surface area contributed by atoms with Crippen molar-refractivity contribution in [1.29, 1.82) is 0 Å². The Bertz CT molecular complexity index is 553. The van der Waals surface area contributed by atoms with Gasteiger partial charge in [-0.1, -0.05) is 6.92 Å². The van der Waals surface area contributed by atoms with Gasteiger partial charge in [-0.2, -0.15) is 16.9 Å². The number of Topliss-reactive ketones (excluding diaryl/α,β-unsaturated/α-hetero) is 1. The van der Waals surface area contributed by atoms with Gasteiger partial charge in [-0.05, 0) is 20.8 Å². The van der Waals surface area contributed by atoms with E-state index in [1.807, 2.05) is 25.6 Å². The predicted molar refractivity (Wildman–Crippen MR) is 80.1 cm³/mol. The van der Waals surface area contributed by atoms with Crippen LogP contribution in [-0.4, -0.2) is 50.0 Å². The van der Waals surface area contributed by atoms with Gasteiger partial charge in [0.05, 0.1) is 11.3 Å². The molecule has 1 saturated heterocycles. The quantitative estimate of drug-likeness (QED) is 0.614. The summed E-state index contributed by atoms with van der Waals surface area (Å²) in [5.74, 6) is 0.0538. The van der Waals surface area contributed by atoms with Crippen LogP contribution in [0.3, 0.4) is 0 Å². The molecule has 1 aromatic heterocycles. The summed E-state index contributed by atoms with van der Waals surface area (Å²) in [7, 11) is 1.78. The van der Waals surface area contributed by atoms with E-state index in [1.54, 1.807) is 23.6 Å². The SMILES string of the molecule is Cc1nn(C)c(C)c1C(=O)C(=O)N1CCSC(C)C1C. The lowest BCUT2D eigenvalue weighted by Crippen LogP contribution is -2.50. The van der Waals surface area contributed by atoms with Crippen LogP contribution in [0.4, 0.5) is 0 Å². The summed E-state index contributed by atoms with van der Waals surface area (Å²) in [5, 5.41) is 4.57. The third-order valence-corrected chi connectivity index (χ3v) is 5.41. The first-order valence-corrected chi connectivity index (χ1v) is 7.86. The Morgan fingerprint density at radius 3 is 2.50 bits per heavy atom. The second kappa shape index (κ2) is 5.60. The average molecular weight is 295 g/mol. The monoisotopic (exact) mass is 295 g/mol. The van der Waals surface area contributed by atoms with E-state index in [4.69, 9.17) is 0 Å². The van der Waals surface area contributed by atoms with Gasteiger partial charge >= 0.3 is 0 Å². The molecule has 0 radical (unpaired) electrons. The highest BCUT2D eigenvalue weighted by atomic mass is 32.2. The molecule has 2 unspecified atom stereocenters. The van der Waals surface area contributed by atoms with Crippen molar-refractivity contribution in [3.63, 3.8) is 0 Å². The minimum Gasteiger partial charge on any atom is -0.331 e. The molecule has 20 heavy (non-hydrogen) atoms. The summed E-state index contributed by atoms with van der Waals surface area (Å²) < 4.78 is 1.65. The van der Waals surface area contributed by atoms with E-state index >= 15 is 0 Å². The second-order valence-corrected chi connectivity index (χ2v) is 6.80. The summed E-state index contributed by atoms with van der Waals surface area (Å²) in [5.41, 5.74) is 1.82. The van der Waals surface area contributed by atoms with Gasteiger partial charge < -0.3 is 4.90 Å². The first-order chi connectivity index (χ1) is 9.34. The van der Waals surface area contributed by atoms with Crippen LogP contribution in [0, 0.1) is 13.8 Å². The first kappa shape index (κ1) is 15.1. The summed E-state index contributed by atoms with van der Waals surface area (Å²) in [6, 6.07) is 0.0856. The van der Waals surface area contributed by atoms with Crippen LogP contribution in [-0.2, 0) is 11.8 Å². The number of thioether (sulfide) groups is 1. The summed E-state index contributed by atoms with van der Waals surface area (Å²) in [6.45, 7) is 8.33. The number of hydrogen-bond acceptors (Lipinski definition) is 4. The van der Waals surface area contributed by atoms with Gasteiger partial charge in [0.2, 0.25) is 0 Å². The van der Waals surface area contributed by atoms with Gasteiger partial charge in [-0.15, -0.1) is 0 Å². The normalized spacial score (nSPS) is 22.9. The van der Waals surface area contributed by atoms with Gasteiger partial charge in [-0.25, -0.2) is 0 Å². The highest BCUT2D eigenvalue weighted by Crippen LogP contribution is 2.25. The Morgan fingerprint density at radius 1 is 1.30 bits per heavy atom. The molecule has 1 aliphatic heterocycles. The minimum absolute atomic E-state index is 0.0856. The van der Waals surface area contributed by atoms with E-state index in [-0.39, 0.29) is 6.04 Å². The zero-order valence-corrected chi connectivity index (χ0v) is 13.5. The van der Waals surface area contributed by atoms with Crippen LogP contribution in [0.2, 0.25) is 0 Å². The molecule has 0 aromatic carbocycles. The first-order valence-electron chi connectivity index (χ1n) is 6.81. The van der Waals surface area contributed by atoms with Crippen LogP contribution < -0.4 is 0 Å². The Balaban J connectivity index is 2.27. The van der Waals surface area contributed by atoms with Crippen molar-refractivity contribution >= 4 is 23.5 Å². The van der Waals surface area contributed by atoms with E-state index in [1.165, 1.54) is 0 Å². The predicted octanol–water partition coefficient (Wildman–Crippen LogP) is 1.57. The highest BCUT2D eigenvalue weighted by Gasteiger charge is 2.34. The Hall–Kier alpha value is -1.30. The third-order valence-electron chi connectivity index (χ3n) is 4.08. The third kappa shape index (κ3) is 2.49. The highest BCUT2D eigenvalue weighted by molar-refractivity contribution is 8.00. The molecule has 6 heteroatoms. The molecular formula is C14H21N3O2S. The fraction of sp³-hybridized carbons (Fsp3) is 0.643. The number of aryl methyl sites for hydroxylation is 2. The standard InChI is InChI=1S/C14H21N3O2S/c1-8-12(10(3)16(5)15-8)13(18)14(19)17-6-7-20-11(4)9(17)2/h9,11H,6-7H2,1-5H3. The largest absolute Gasteiger partial charge is 0.331 e. The van der Waals surface area contributed by atoms with Crippen molar-refractivity contribution < 1.29 is 9.59 Å².